The zero-order valence-electron chi connectivity index (χ0n) is 14.6. The average molecular weight is 345 g/mol. The zero-order valence-corrected chi connectivity index (χ0v) is 14.6. The molecule has 0 spiro atoms. The van der Waals surface area contributed by atoms with Gasteiger partial charge in [0.05, 0.1) is 12.6 Å². The Morgan fingerprint density at radius 3 is 2.76 bits per heavy atom. The van der Waals surface area contributed by atoms with Crippen LogP contribution >= 0.6 is 0 Å². The van der Waals surface area contributed by atoms with Crippen LogP contribution in [0.25, 0.3) is 0 Å². The second kappa shape index (κ2) is 8.97. The number of nitrogens with one attached hydrogen (secondary N) is 3. The summed E-state index contributed by atoms with van der Waals surface area (Å²) >= 11 is 0. The molecule has 2 aliphatic rings. The van der Waals surface area contributed by atoms with E-state index in [1.165, 1.54) is 12.8 Å². The molecule has 1 unspecified atom stereocenters. The first-order chi connectivity index (χ1) is 12.2. The summed E-state index contributed by atoms with van der Waals surface area (Å²) in [6, 6.07) is 7.36. The molecule has 1 aromatic carbocycles. The SMILES string of the molecule is O=C(CNCC1CC1)NCc1cccc(C(=O)NCC2CCCO2)c1. The van der Waals surface area contributed by atoms with Gasteiger partial charge in [-0.3, -0.25) is 9.59 Å². The third-order valence-corrected chi connectivity index (χ3v) is 4.61. The molecule has 6 nitrogen and oxygen atoms in total. The van der Waals surface area contributed by atoms with Crippen molar-refractivity contribution < 1.29 is 14.3 Å². The van der Waals surface area contributed by atoms with Crippen LogP contribution in [0, 0.1) is 5.92 Å². The van der Waals surface area contributed by atoms with Gasteiger partial charge in [-0.25, -0.2) is 0 Å². The lowest BCUT2D eigenvalue weighted by Crippen LogP contribution is -2.34. The quantitative estimate of drug-likeness (QED) is 0.629. The van der Waals surface area contributed by atoms with E-state index in [4.69, 9.17) is 4.74 Å². The van der Waals surface area contributed by atoms with Gasteiger partial charge in [0.2, 0.25) is 5.91 Å². The monoisotopic (exact) mass is 345 g/mol. The Morgan fingerprint density at radius 2 is 2.00 bits per heavy atom. The number of amides is 2. The van der Waals surface area contributed by atoms with Gasteiger partial charge in [-0.2, -0.15) is 0 Å². The van der Waals surface area contributed by atoms with Crippen molar-refractivity contribution >= 4 is 11.8 Å². The summed E-state index contributed by atoms with van der Waals surface area (Å²) in [6.45, 7) is 3.03. The Bertz CT molecular complexity index is 595. The molecule has 1 aromatic rings. The fraction of sp³-hybridized carbons (Fsp3) is 0.579. The Morgan fingerprint density at radius 1 is 1.12 bits per heavy atom. The van der Waals surface area contributed by atoms with Crippen LogP contribution in [0.3, 0.4) is 0 Å². The van der Waals surface area contributed by atoms with Gasteiger partial charge in [-0.1, -0.05) is 12.1 Å². The van der Waals surface area contributed by atoms with E-state index < -0.39 is 0 Å². The number of carbonyl (C=O) groups excluding carboxylic acids is 2. The van der Waals surface area contributed by atoms with Crippen molar-refractivity contribution in [3.05, 3.63) is 35.4 Å². The Balaban J connectivity index is 1.40. The lowest BCUT2D eigenvalue weighted by molar-refractivity contribution is -0.120. The van der Waals surface area contributed by atoms with Crippen molar-refractivity contribution in [1.82, 2.24) is 16.0 Å². The van der Waals surface area contributed by atoms with Gasteiger partial charge in [0.1, 0.15) is 0 Å². The maximum Gasteiger partial charge on any atom is 0.251 e. The van der Waals surface area contributed by atoms with E-state index in [1.807, 2.05) is 18.2 Å². The highest BCUT2D eigenvalue weighted by molar-refractivity contribution is 5.94. The van der Waals surface area contributed by atoms with Crippen molar-refractivity contribution in [1.29, 1.82) is 0 Å². The van der Waals surface area contributed by atoms with Gasteiger partial charge < -0.3 is 20.7 Å². The number of ether oxygens (including phenoxy) is 1. The topological polar surface area (TPSA) is 79.5 Å². The van der Waals surface area contributed by atoms with Crippen molar-refractivity contribution in [2.75, 3.05) is 26.2 Å². The van der Waals surface area contributed by atoms with Crippen LogP contribution in [0.5, 0.6) is 0 Å². The summed E-state index contributed by atoms with van der Waals surface area (Å²) in [5.41, 5.74) is 1.52. The minimum Gasteiger partial charge on any atom is -0.376 e. The largest absolute Gasteiger partial charge is 0.376 e. The number of rotatable bonds is 9. The van der Waals surface area contributed by atoms with E-state index >= 15 is 0 Å². The highest BCUT2D eigenvalue weighted by Crippen LogP contribution is 2.27. The molecule has 2 fully saturated rings. The molecular weight excluding hydrogens is 318 g/mol. The summed E-state index contributed by atoms with van der Waals surface area (Å²) < 4.78 is 5.51. The van der Waals surface area contributed by atoms with E-state index in [9.17, 15) is 9.59 Å². The van der Waals surface area contributed by atoms with Crippen LogP contribution in [0.2, 0.25) is 0 Å². The van der Waals surface area contributed by atoms with E-state index in [0.717, 1.165) is 37.5 Å². The molecule has 0 radical (unpaired) electrons. The van der Waals surface area contributed by atoms with E-state index in [0.29, 0.717) is 25.2 Å². The summed E-state index contributed by atoms with van der Waals surface area (Å²) in [7, 11) is 0. The first-order valence-corrected chi connectivity index (χ1v) is 9.17. The van der Waals surface area contributed by atoms with E-state index in [2.05, 4.69) is 16.0 Å². The second-order valence-electron chi connectivity index (χ2n) is 6.90. The number of hydrogen-bond acceptors (Lipinski definition) is 4. The van der Waals surface area contributed by atoms with Crippen molar-refractivity contribution in [3.8, 4) is 0 Å². The van der Waals surface area contributed by atoms with Crippen molar-refractivity contribution in [2.45, 2.75) is 38.3 Å². The fourth-order valence-electron chi connectivity index (χ4n) is 2.91. The van der Waals surface area contributed by atoms with Gasteiger partial charge in [0.15, 0.2) is 0 Å². The van der Waals surface area contributed by atoms with Crippen LogP contribution < -0.4 is 16.0 Å². The molecule has 1 atom stereocenters. The molecule has 3 N–H and O–H groups in total. The number of benzene rings is 1. The van der Waals surface area contributed by atoms with Gasteiger partial charge in [-0.15, -0.1) is 0 Å². The fourth-order valence-corrected chi connectivity index (χ4v) is 2.91. The smallest absolute Gasteiger partial charge is 0.251 e. The Hall–Kier alpha value is -1.92. The molecule has 1 heterocycles. The summed E-state index contributed by atoms with van der Waals surface area (Å²) in [6.07, 6.45) is 4.74. The molecule has 3 rings (SSSR count). The first-order valence-electron chi connectivity index (χ1n) is 9.17. The predicted molar refractivity (Wildman–Crippen MR) is 95.2 cm³/mol. The number of hydrogen-bond donors (Lipinski definition) is 3. The molecule has 0 bridgehead atoms. The summed E-state index contributed by atoms with van der Waals surface area (Å²) in [5, 5.41) is 8.97. The molecule has 0 aromatic heterocycles. The van der Waals surface area contributed by atoms with Crippen molar-refractivity contribution in [2.24, 2.45) is 5.92 Å². The van der Waals surface area contributed by atoms with Crippen LogP contribution in [-0.2, 0) is 16.1 Å². The third-order valence-electron chi connectivity index (χ3n) is 4.61. The van der Waals surface area contributed by atoms with Gasteiger partial charge in [0.25, 0.3) is 5.91 Å². The molecule has 25 heavy (non-hydrogen) atoms. The maximum atomic E-state index is 12.2. The Labute approximate surface area is 148 Å². The van der Waals surface area contributed by atoms with E-state index in [1.54, 1.807) is 6.07 Å². The van der Waals surface area contributed by atoms with Crippen molar-refractivity contribution in [3.63, 3.8) is 0 Å². The minimum absolute atomic E-state index is 0.0195. The third kappa shape index (κ3) is 6.14. The van der Waals surface area contributed by atoms with Crippen LogP contribution in [0.15, 0.2) is 24.3 Å². The molecule has 1 saturated carbocycles. The van der Waals surface area contributed by atoms with Crippen LogP contribution in [-0.4, -0.2) is 44.2 Å². The average Bonchev–Trinajstić information content (AvgIpc) is 3.30. The van der Waals surface area contributed by atoms with Crippen LogP contribution in [0.4, 0.5) is 0 Å². The maximum absolute atomic E-state index is 12.2. The second-order valence-corrected chi connectivity index (χ2v) is 6.90. The standard InChI is InChI=1S/C19H27N3O3/c23-18(13-20-10-14-6-7-14)21-11-15-3-1-4-16(9-15)19(24)22-12-17-5-2-8-25-17/h1,3-4,9,14,17,20H,2,5-8,10-13H2,(H,21,23)(H,22,24). The minimum atomic E-state index is -0.102. The highest BCUT2D eigenvalue weighted by Gasteiger charge is 2.20. The van der Waals surface area contributed by atoms with Gasteiger partial charge in [-0.05, 0) is 55.8 Å². The Kier molecular flexibility index (Phi) is 6.42. The van der Waals surface area contributed by atoms with E-state index in [-0.39, 0.29) is 17.9 Å². The molecular formula is C19H27N3O3. The zero-order chi connectivity index (χ0) is 17.5. The molecule has 1 aliphatic carbocycles. The normalized spacial score (nSPS) is 19.6. The van der Waals surface area contributed by atoms with Gasteiger partial charge in [0, 0.05) is 25.3 Å². The first kappa shape index (κ1) is 17.9. The van der Waals surface area contributed by atoms with Gasteiger partial charge >= 0.3 is 0 Å². The predicted octanol–water partition coefficient (Wildman–Crippen LogP) is 1.21. The molecule has 136 valence electrons. The summed E-state index contributed by atoms with van der Waals surface area (Å²) in [5.74, 6) is 0.640. The lowest BCUT2D eigenvalue weighted by atomic mass is 10.1. The molecule has 6 heteroatoms. The molecule has 1 aliphatic heterocycles. The highest BCUT2D eigenvalue weighted by atomic mass is 16.5. The summed E-state index contributed by atoms with van der Waals surface area (Å²) in [4.78, 5) is 24.1. The number of carbonyl (C=O) groups is 2. The molecule has 2 amide bonds. The lowest BCUT2D eigenvalue weighted by Gasteiger charge is -2.11. The van der Waals surface area contributed by atoms with Crippen LogP contribution in [0.1, 0.15) is 41.6 Å². The molecule has 1 saturated heterocycles.